The maximum Gasteiger partial charge on any atom is 0.262 e. The predicted octanol–water partition coefficient (Wildman–Crippen LogP) is 4.17. The Morgan fingerprint density at radius 1 is 1.20 bits per heavy atom. The summed E-state index contributed by atoms with van der Waals surface area (Å²) in [5.41, 5.74) is 2.38. The zero-order chi connectivity index (χ0) is 17.8. The maximum absolute atomic E-state index is 12.2. The first-order chi connectivity index (χ1) is 12.1. The number of hydrogen-bond acceptors (Lipinski definition) is 4. The van der Waals surface area contributed by atoms with Crippen LogP contribution in [0.15, 0.2) is 42.5 Å². The van der Waals surface area contributed by atoms with Crippen molar-refractivity contribution < 1.29 is 9.53 Å². The summed E-state index contributed by atoms with van der Waals surface area (Å²) in [6.07, 6.45) is 0.687. The Hall–Kier alpha value is -2.66. The molecule has 5 nitrogen and oxygen atoms in total. The molecule has 0 aliphatic rings. The first kappa shape index (κ1) is 17.2. The van der Waals surface area contributed by atoms with Crippen molar-refractivity contribution in [3.8, 4) is 5.88 Å². The normalized spacial score (nSPS) is 10.7. The van der Waals surface area contributed by atoms with Crippen molar-refractivity contribution in [1.82, 2.24) is 9.97 Å². The highest BCUT2D eigenvalue weighted by Gasteiger charge is 2.11. The number of ether oxygens (including phenoxy) is 1. The van der Waals surface area contributed by atoms with E-state index in [1.165, 1.54) is 0 Å². The number of carbonyl (C=O) groups excluding carboxylic acids is 1. The molecule has 6 heteroatoms. The highest BCUT2D eigenvalue weighted by molar-refractivity contribution is 6.33. The summed E-state index contributed by atoms with van der Waals surface area (Å²) < 4.78 is 5.65. The molecule has 0 bridgehead atoms. The van der Waals surface area contributed by atoms with Gasteiger partial charge >= 0.3 is 0 Å². The van der Waals surface area contributed by atoms with Gasteiger partial charge in [-0.2, -0.15) is 4.98 Å². The van der Waals surface area contributed by atoms with Gasteiger partial charge in [0.05, 0.1) is 21.6 Å². The Labute approximate surface area is 151 Å². The van der Waals surface area contributed by atoms with E-state index in [0.29, 0.717) is 28.8 Å². The average molecular weight is 356 g/mol. The van der Waals surface area contributed by atoms with E-state index in [2.05, 4.69) is 15.3 Å². The number of anilines is 1. The third kappa shape index (κ3) is 4.06. The molecule has 0 fully saturated rings. The minimum Gasteiger partial charge on any atom is -0.467 e. The summed E-state index contributed by atoms with van der Waals surface area (Å²) in [7, 11) is 0. The summed E-state index contributed by atoms with van der Waals surface area (Å²) in [6, 6.07) is 13.0. The fraction of sp³-hybridized carbons (Fsp3) is 0.211. The Morgan fingerprint density at radius 2 is 2.00 bits per heavy atom. The first-order valence-corrected chi connectivity index (χ1v) is 8.39. The molecule has 1 aromatic heterocycles. The summed E-state index contributed by atoms with van der Waals surface area (Å²) in [4.78, 5) is 21.0. The van der Waals surface area contributed by atoms with Gasteiger partial charge in [0, 0.05) is 6.42 Å². The zero-order valence-corrected chi connectivity index (χ0v) is 14.8. The monoisotopic (exact) mass is 355 g/mol. The Balaban J connectivity index is 1.74. The average Bonchev–Trinajstić information content (AvgIpc) is 2.61. The van der Waals surface area contributed by atoms with Crippen LogP contribution in [0.2, 0.25) is 5.02 Å². The van der Waals surface area contributed by atoms with Crippen molar-refractivity contribution in [2.75, 3.05) is 11.9 Å². The molecule has 0 aliphatic heterocycles. The number of aryl methyl sites for hydroxylation is 2. The Morgan fingerprint density at radius 3 is 2.76 bits per heavy atom. The molecule has 0 radical (unpaired) electrons. The second kappa shape index (κ2) is 7.49. The molecule has 1 N–H and O–H groups in total. The Kier molecular flexibility index (Phi) is 5.14. The van der Waals surface area contributed by atoms with E-state index < -0.39 is 0 Å². The van der Waals surface area contributed by atoms with Gasteiger partial charge in [-0.15, -0.1) is 0 Å². The van der Waals surface area contributed by atoms with Gasteiger partial charge in [-0.05, 0) is 36.8 Å². The summed E-state index contributed by atoms with van der Waals surface area (Å²) in [6.45, 7) is 3.75. The molecule has 0 aliphatic carbocycles. The van der Waals surface area contributed by atoms with Crippen molar-refractivity contribution in [2.24, 2.45) is 0 Å². The fourth-order valence-corrected chi connectivity index (χ4v) is 2.69. The van der Waals surface area contributed by atoms with Crippen molar-refractivity contribution in [3.63, 3.8) is 0 Å². The lowest BCUT2D eigenvalue weighted by Gasteiger charge is -2.11. The number of para-hydroxylation sites is 1. The van der Waals surface area contributed by atoms with Crippen LogP contribution in [-0.4, -0.2) is 22.5 Å². The molecule has 0 saturated carbocycles. The molecular formula is C19H18ClN3O2. The van der Waals surface area contributed by atoms with E-state index in [0.717, 1.165) is 16.5 Å². The quantitative estimate of drug-likeness (QED) is 0.746. The number of carbonyl (C=O) groups is 1. The number of nitrogens with zero attached hydrogens (tertiary/aromatic N) is 2. The van der Waals surface area contributed by atoms with Gasteiger partial charge in [0.15, 0.2) is 6.61 Å². The van der Waals surface area contributed by atoms with Crippen molar-refractivity contribution >= 4 is 34.1 Å². The SMILES string of the molecule is CCc1nc(OCC(=O)Nc2ccc(C)cc2Cl)c2ccccc2n1. The second-order valence-corrected chi connectivity index (χ2v) is 6.04. The minimum atomic E-state index is -0.300. The summed E-state index contributed by atoms with van der Waals surface area (Å²) in [5.74, 6) is 0.787. The van der Waals surface area contributed by atoms with Crippen LogP contribution in [0.5, 0.6) is 5.88 Å². The molecule has 0 spiro atoms. The second-order valence-electron chi connectivity index (χ2n) is 5.64. The summed E-state index contributed by atoms with van der Waals surface area (Å²) in [5, 5.41) is 4.02. The highest BCUT2D eigenvalue weighted by atomic mass is 35.5. The van der Waals surface area contributed by atoms with Gasteiger partial charge in [0.2, 0.25) is 5.88 Å². The lowest BCUT2D eigenvalue weighted by molar-refractivity contribution is -0.118. The molecule has 3 rings (SSSR count). The molecule has 0 unspecified atom stereocenters. The molecule has 2 aromatic carbocycles. The topological polar surface area (TPSA) is 64.1 Å². The van der Waals surface area contributed by atoms with E-state index in [1.807, 2.05) is 44.2 Å². The largest absolute Gasteiger partial charge is 0.467 e. The van der Waals surface area contributed by atoms with Crippen molar-refractivity contribution in [1.29, 1.82) is 0 Å². The van der Waals surface area contributed by atoms with Crippen LogP contribution < -0.4 is 10.1 Å². The molecule has 0 atom stereocenters. The third-order valence-corrected chi connectivity index (χ3v) is 3.98. The maximum atomic E-state index is 12.2. The molecule has 3 aromatic rings. The van der Waals surface area contributed by atoms with Gasteiger partial charge in [0.25, 0.3) is 5.91 Å². The number of fused-ring (bicyclic) bond motifs is 1. The Bertz CT molecular complexity index is 928. The number of hydrogen-bond donors (Lipinski definition) is 1. The number of aromatic nitrogens is 2. The van der Waals surface area contributed by atoms with E-state index >= 15 is 0 Å². The number of amides is 1. The van der Waals surface area contributed by atoms with Gasteiger partial charge in [0.1, 0.15) is 5.82 Å². The van der Waals surface area contributed by atoms with Crippen LogP contribution in [0.1, 0.15) is 18.3 Å². The lowest BCUT2D eigenvalue weighted by Crippen LogP contribution is -2.21. The predicted molar refractivity (Wildman–Crippen MR) is 99.2 cm³/mol. The van der Waals surface area contributed by atoms with Crippen molar-refractivity contribution in [3.05, 3.63) is 58.9 Å². The number of halogens is 1. The number of rotatable bonds is 5. The smallest absolute Gasteiger partial charge is 0.262 e. The van der Waals surface area contributed by atoms with Gasteiger partial charge in [-0.1, -0.05) is 36.7 Å². The molecular weight excluding hydrogens is 338 g/mol. The third-order valence-electron chi connectivity index (χ3n) is 3.67. The van der Waals surface area contributed by atoms with Crippen LogP contribution in [-0.2, 0) is 11.2 Å². The van der Waals surface area contributed by atoms with Crippen LogP contribution in [0.25, 0.3) is 10.9 Å². The highest BCUT2D eigenvalue weighted by Crippen LogP contribution is 2.24. The number of nitrogens with one attached hydrogen (secondary N) is 1. The van der Waals surface area contributed by atoms with Gasteiger partial charge in [-0.3, -0.25) is 4.79 Å². The van der Waals surface area contributed by atoms with E-state index in [1.54, 1.807) is 12.1 Å². The lowest BCUT2D eigenvalue weighted by atomic mass is 10.2. The van der Waals surface area contributed by atoms with Crippen LogP contribution in [0, 0.1) is 6.92 Å². The van der Waals surface area contributed by atoms with Crippen LogP contribution >= 0.6 is 11.6 Å². The minimum absolute atomic E-state index is 0.158. The summed E-state index contributed by atoms with van der Waals surface area (Å²) >= 11 is 6.13. The first-order valence-electron chi connectivity index (χ1n) is 8.01. The molecule has 1 heterocycles. The van der Waals surface area contributed by atoms with E-state index in [4.69, 9.17) is 16.3 Å². The molecule has 0 saturated heterocycles. The van der Waals surface area contributed by atoms with Crippen LogP contribution in [0.4, 0.5) is 5.69 Å². The van der Waals surface area contributed by atoms with E-state index in [9.17, 15) is 4.79 Å². The zero-order valence-electron chi connectivity index (χ0n) is 14.0. The fourth-order valence-electron chi connectivity index (χ4n) is 2.40. The standard InChI is InChI=1S/C19H18ClN3O2/c1-3-17-21-15-7-5-4-6-13(15)19(23-17)25-11-18(24)22-16-9-8-12(2)10-14(16)20/h4-10H,3,11H2,1-2H3,(H,22,24). The number of benzene rings is 2. The van der Waals surface area contributed by atoms with Crippen molar-refractivity contribution in [2.45, 2.75) is 20.3 Å². The molecule has 25 heavy (non-hydrogen) atoms. The van der Waals surface area contributed by atoms with Gasteiger partial charge < -0.3 is 10.1 Å². The van der Waals surface area contributed by atoms with Crippen LogP contribution in [0.3, 0.4) is 0 Å². The van der Waals surface area contributed by atoms with E-state index in [-0.39, 0.29) is 12.5 Å². The molecule has 128 valence electrons. The van der Waals surface area contributed by atoms with Gasteiger partial charge in [-0.25, -0.2) is 4.98 Å². The molecule has 1 amide bonds.